The van der Waals surface area contributed by atoms with E-state index in [1.807, 2.05) is 12.4 Å². The van der Waals surface area contributed by atoms with Gasteiger partial charge in [0.15, 0.2) is 0 Å². The maximum absolute atomic E-state index is 12.5. The maximum atomic E-state index is 12.5. The smallest absolute Gasteiger partial charge is 0.222 e. The molecule has 1 aromatic rings. The van der Waals surface area contributed by atoms with Gasteiger partial charge in [-0.2, -0.15) is 0 Å². The third kappa shape index (κ3) is 3.86. The topological polar surface area (TPSA) is 48.9 Å². The van der Waals surface area contributed by atoms with E-state index in [4.69, 9.17) is 4.74 Å². The van der Waals surface area contributed by atoms with Gasteiger partial charge in [0.2, 0.25) is 5.91 Å². The van der Waals surface area contributed by atoms with E-state index in [2.05, 4.69) is 31.8 Å². The molecule has 4 rings (SSSR count). The second kappa shape index (κ2) is 7.81. The molecule has 0 aromatic carbocycles. The maximum Gasteiger partial charge on any atom is 0.222 e. The van der Waals surface area contributed by atoms with Crippen LogP contribution in [0.5, 0.6) is 0 Å². The molecule has 6 nitrogen and oxygen atoms in total. The van der Waals surface area contributed by atoms with Crippen LogP contribution in [0, 0.1) is 0 Å². The zero-order chi connectivity index (χ0) is 17.1. The van der Waals surface area contributed by atoms with Crippen molar-refractivity contribution in [1.82, 2.24) is 19.7 Å². The summed E-state index contributed by atoms with van der Waals surface area (Å²) >= 11 is 0. The number of carbonyl (C=O) groups is 1. The van der Waals surface area contributed by atoms with E-state index in [-0.39, 0.29) is 0 Å². The molecule has 0 saturated carbocycles. The van der Waals surface area contributed by atoms with E-state index in [0.29, 0.717) is 24.4 Å². The van der Waals surface area contributed by atoms with Gasteiger partial charge in [-0.05, 0) is 30.5 Å². The summed E-state index contributed by atoms with van der Waals surface area (Å²) in [5, 5.41) is 0. The van der Waals surface area contributed by atoms with Crippen LogP contribution in [0.15, 0.2) is 24.5 Å². The van der Waals surface area contributed by atoms with Crippen molar-refractivity contribution >= 4 is 5.91 Å². The largest absolute Gasteiger partial charge is 0.379 e. The normalized spacial score (nSPS) is 28.3. The Labute approximate surface area is 149 Å². The van der Waals surface area contributed by atoms with E-state index in [9.17, 15) is 4.79 Å². The number of ether oxygens (including phenoxy) is 1. The highest BCUT2D eigenvalue weighted by Crippen LogP contribution is 2.32. The highest BCUT2D eigenvalue weighted by molar-refractivity contribution is 5.77. The van der Waals surface area contributed by atoms with Crippen molar-refractivity contribution in [3.8, 4) is 0 Å². The fourth-order valence-electron chi connectivity index (χ4n) is 4.52. The number of fused-ring (bicyclic) bond motifs is 1. The predicted octanol–water partition coefficient (Wildman–Crippen LogP) is 0.979. The van der Waals surface area contributed by atoms with Crippen LogP contribution in [0.25, 0.3) is 0 Å². The van der Waals surface area contributed by atoms with Crippen molar-refractivity contribution in [2.45, 2.75) is 37.9 Å². The van der Waals surface area contributed by atoms with Crippen molar-refractivity contribution in [1.29, 1.82) is 0 Å². The van der Waals surface area contributed by atoms with E-state index >= 15 is 0 Å². The number of likely N-dealkylation sites (tertiary alicyclic amines) is 2. The third-order valence-electron chi connectivity index (χ3n) is 5.90. The molecule has 0 aliphatic carbocycles. The van der Waals surface area contributed by atoms with Crippen LogP contribution in [-0.4, -0.2) is 83.6 Å². The summed E-state index contributed by atoms with van der Waals surface area (Å²) in [5.41, 5.74) is 1.31. The number of morpholine rings is 1. The summed E-state index contributed by atoms with van der Waals surface area (Å²) in [5.74, 6) is 0.347. The van der Waals surface area contributed by atoms with Crippen molar-refractivity contribution < 1.29 is 9.53 Å². The molecule has 3 aliphatic rings. The number of pyridine rings is 1. The molecule has 0 radical (unpaired) electrons. The van der Waals surface area contributed by atoms with E-state index in [1.165, 1.54) is 5.56 Å². The van der Waals surface area contributed by atoms with Gasteiger partial charge in [0.25, 0.3) is 0 Å². The number of hydrogen-bond acceptors (Lipinski definition) is 5. The third-order valence-corrected chi connectivity index (χ3v) is 5.90. The van der Waals surface area contributed by atoms with Crippen LogP contribution in [0.2, 0.25) is 0 Å². The molecule has 3 fully saturated rings. The lowest BCUT2D eigenvalue weighted by atomic mass is 9.96. The van der Waals surface area contributed by atoms with Gasteiger partial charge in [-0.15, -0.1) is 0 Å². The van der Waals surface area contributed by atoms with Crippen LogP contribution in [0.3, 0.4) is 0 Å². The second-order valence-electron chi connectivity index (χ2n) is 7.33. The summed E-state index contributed by atoms with van der Waals surface area (Å²) < 4.78 is 5.42. The standard InChI is InChI=1S/C19H28N4O2/c24-19-2-1-17-18(23(19)10-9-21-11-13-25-14-12-21)5-8-22(17)15-16-3-6-20-7-4-16/h3-4,6-7,17-18H,1-2,5,8-15H2/t17-,18-/m1/s1. The summed E-state index contributed by atoms with van der Waals surface area (Å²) in [7, 11) is 0. The molecule has 2 atom stereocenters. The molecular weight excluding hydrogens is 316 g/mol. The number of carbonyl (C=O) groups excluding carboxylic acids is 1. The fraction of sp³-hybridized carbons (Fsp3) is 0.684. The van der Waals surface area contributed by atoms with Gasteiger partial charge < -0.3 is 9.64 Å². The SMILES string of the molecule is O=C1CC[C@@H]2[C@@H](CCN2Cc2ccncc2)N1CCN1CCOCC1. The zero-order valence-electron chi connectivity index (χ0n) is 14.8. The first-order chi connectivity index (χ1) is 12.3. The Kier molecular flexibility index (Phi) is 5.29. The summed E-state index contributed by atoms with van der Waals surface area (Å²) in [4.78, 5) is 23.8. The fourth-order valence-corrected chi connectivity index (χ4v) is 4.52. The van der Waals surface area contributed by atoms with Gasteiger partial charge in [-0.3, -0.25) is 19.6 Å². The molecule has 4 heterocycles. The molecule has 0 unspecified atom stereocenters. The number of hydrogen-bond donors (Lipinski definition) is 0. The molecule has 3 saturated heterocycles. The summed E-state index contributed by atoms with van der Waals surface area (Å²) in [6.07, 6.45) is 6.52. The molecular formula is C19H28N4O2. The van der Waals surface area contributed by atoms with E-state index < -0.39 is 0 Å². The number of amides is 1. The number of piperidine rings is 1. The first-order valence-electron chi connectivity index (χ1n) is 9.54. The minimum absolute atomic E-state index is 0.347. The average Bonchev–Trinajstić information content (AvgIpc) is 3.05. The molecule has 0 bridgehead atoms. The van der Waals surface area contributed by atoms with Gasteiger partial charge in [-0.1, -0.05) is 0 Å². The number of aromatic nitrogens is 1. The van der Waals surface area contributed by atoms with E-state index in [0.717, 1.165) is 65.3 Å². The van der Waals surface area contributed by atoms with Gasteiger partial charge in [0, 0.05) is 70.2 Å². The molecule has 1 aromatic heterocycles. The van der Waals surface area contributed by atoms with Crippen LogP contribution in [-0.2, 0) is 16.1 Å². The van der Waals surface area contributed by atoms with Crippen LogP contribution in [0.1, 0.15) is 24.8 Å². The molecule has 0 spiro atoms. The van der Waals surface area contributed by atoms with Crippen LogP contribution >= 0.6 is 0 Å². The van der Waals surface area contributed by atoms with Gasteiger partial charge in [-0.25, -0.2) is 0 Å². The zero-order valence-corrected chi connectivity index (χ0v) is 14.8. The van der Waals surface area contributed by atoms with Crippen LogP contribution in [0.4, 0.5) is 0 Å². The van der Waals surface area contributed by atoms with Crippen LogP contribution < -0.4 is 0 Å². The Hall–Kier alpha value is -1.50. The Morgan fingerprint density at radius 1 is 1.04 bits per heavy atom. The molecule has 25 heavy (non-hydrogen) atoms. The summed E-state index contributed by atoms with van der Waals surface area (Å²) in [6, 6.07) is 5.09. The lowest BCUT2D eigenvalue weighted by molar-refractivity contribution is -0.138. The molecule has 136 valence electrons. The highest BCUT2D eigenvalue weighted by Gasteiger charge is 2.42. The Bertz CT molecular complexity index is 576. The van der Waals surface area contributed by atoms with E-state index in [1.54, 1.807) is 0 Å². The lowest BCUT2D eigenvalue weighted by Gasteiger charge is -2.41. The monoisotopic (exact) mass is 344 g/mol. The molecule has 6 heteroatoms. The minimum atomic E-state index is 0.347. The number of nitrogens with zero attached hydrogens (tertiary/aromatic N) is 4. The Balaban J connectivity index is 1.37. The van der Waals surface area contributed by atoms with Crippen molar-refractivity contribution in [2.24, 2.45) is 0 Å². The molecule has 0 N–H and O–H groups in total. The first-order valence-corrected chi connectivity index (χ1v) is 9.54. The predicted molar refractivity (Wildman–Crippen MR) is 95.0 cm³/mol. The summed E-state index contributed by atoms with van der Waals surface area (Å²) in [6.45, 7) is 7.51. The van der Waals surface area contributed by atoms with Crippen molar-refractivity contribution in [3.05, 3.63) is 30.1 Å². The molecule has 1 amide bonds. The quantitative estimate of drug-likeness (QED) is 0.797. The average molecular weight is 344 g/mol. The van der Waals surface area contributed by atoms with Gasteiger partial charge in [0.1, 0.15) is 0 Å². The highest BCUT2D eigenvalue weighted by atomic mass is 16.5. The van der Waals surface area contributed by atoms with Gasteiger partial charge >= 0.3 is 0 Å². The van der Waals surface area contributed by atoms with Gasteiger partial charge in [0.05, 0.1) is 13.2 Å². The Morgan fingerprint density at radius 3 is 2.64 bits per heavy atom. The van der Waals surface area contributed by atoms with Crippen molar-refractivity contribution in [3.63, 3.8) is 0 Å². The van der Waals surface area contributed by atoms with Crippen molar-refractivity contribution in [2.75, 3.05) is 45.9 Å². The first kappa shape index (κ1) is 16.9. The Morgan fingerprint density at radius 2 is 1.84 bits per heavy atom. The lowest BCUT2D eigenvalue weighted by Crippen LogP contribution is -2.54. The second-order valence-corrected chi connectivity index (χ2v) is 7.33. The number of rotatable bonds is 5. The molecule has 3 aliphatic heterocycles. The minimum Gasteiger partial charge on any atom is -0.379 e.